The zero-order valence-corrected chi connectivity index (χ0v) is 14.8. The van der Waals surface area contributed by atoms with Gasteiger partial charge in [0.05, 0.1) is 0 Å². The number of amides is 1. The fraction of sp³-hybridized carbons (Fsp3) is 0.550. The first kappa shape index (κ1) is 16.0. The number of H-pyrrole nitrogens is 1. The highest BCUT2D eigenvalue weighted by Gasteiger charge is 2.30. The molecule has 0 radical (unpaired) electrons. The molecule has 3 nitrogen and oxygen atoms in total. The summed E-state index contributed by atoms with van der Waals surface area (Å²) in [6, 6.07) is 6.06. The van der Waals surface area contributed by atoms with Crippen LogP contribution in [-0.4, -0.2) is 28.9 Å². The molecule has 1 aromatic heterocycles. The topological polar surface area (TPSA) is 36.1 Å². The van der Waals surface area contributed by atoms with E-state index in [4.69, 9.17) is 11.6 Å². The van der Waals surface area contributed by atoms with Crippen molar-refractivity contribution in [2.24, 2.45) is 5.92 Å². The van der Waals surface area contributed by atoms with E-state index in [9.17, 15) is 4.79 Å². The largest absolute Gasteiger partial charge is 0.361 e. The highest BCUT2D eigenvalue weighted by molar-refractivity contribution is 6.31. The van der Waals surface area contributed by atoms with Crippen LogP contribution >= 0.6 is 11.6 Å². The average molecular weight is 345 g/mol. The maximum atomic E-state index is 12.7. The monoisotopic (exact) mass is 344 g/mol. The SMILES string of the molecule is O=C(C1CCCCC1)N1CCC(c2c[nH]c3cc(Cl)ccc23)CC1. The standard InChI is InChI=1S/C20H25ClN2O/c21-16-6-7-17-18(13-22-19(17)12-16)14-8-10-23(11-9-14)20(24)15-4-2-1-3-5-15/h6-7,12-15,22H,1-5,8-11H2. The molecule has 1 saturated carbocycles. The Morgan fingerprint density at radius 3 is 2.58 bits per heavy atom. The van der Waals surface area contributed by atoms with Gasteiger partial charge in [-0.2, -0.15) is 0 Å². The van der Waals surface area contributed by atoms with Gasteiger partial charge < -0.3 is 9.88 Å². The van der Waals surface area contributed by atoms with E-state index >= 15 is 0 Å². The number of aromatic nitrogens is 1. The van der Waals surface area contributed by atoms with Crippen molar-refractivity contribution in [3.63, 3.8) is 0 Å². The van der Waals surface area contributed by atoms with Crippen molar-refractivity contribution in [3.05, 3.63) is 35.0 Å². The first-order valence-electron chi connectivity index (χ1n) is 9.27. The molecule has 0 unspecified atom stereocenters. The molecule has 4 heteroatoms. The van der Waals surface area contributed by atoms with Gasteiger partial charge in [0.1, 0.15) is 0 Å². The van der Waals surface area contributed by atoms with Crippen LogP contribution in [0.2, 0.25) is 5.02 Å². The molecule has 1 N–H and O–H groups in total. The first-order valence-corrected chi connectivity index (χ1v) is 9.65. The molecule has 0 spiro atoms. The Morgan fingerprint density at radius 1 is 1.08 bits per heavy atom. The molecule has 1 aliphatic carbocycles. The lowest BCUT2D eigenvalue weighted by Crippen LogP contribution is -2.41. The van der Waals surface area contributed by atoms with Crippen molar-refractivity contribution >= 4 is 28.4 Å². The number of carbonyl (C=O) groups excluding carboxylic acids is 1. The lowest BCUT2D eigenvalue weighted by Gasteiger charge is -2.35. The van der Waals surface area contributed by atoms with Gasteiger partial charge in [0, 0.05) is 41.1 Å². The van der Waals surface area contributed by atoms with Crippen LogP contribution in [0, 0.1) is 5.92 Å². The van der Waals surface area contributed by atoms with Gasteiger partial charge in [0.25, 0.3) is 0 Å². The van der Waals surface area contributed by atoms with Crippen LogP contribution in [0.1, 0.15) is 56.4 Å². The number of fused-ring (bicyclic) bond motifs is 1. The van der Waals surface area contributed by atoms with E-state index in [0.717, 1.165) is 49.3 Å². The Balaban J connectivity index is 1.42. The number of benzene rings is 1. The molecule has 0 atom stereocenters. The van der Waals surface area contributed by atoms with Crippen molar-refractivity contribution in [1.29, 1.82) is 0 Å². The van der Waals surface area contributed by atoms with Crippen molar-refractivity contribution in [2.45, 2.75) is 50.9 Å². The minimum atomic E-state index is 0.297. The Kier molecular flexibility index (Phi) is 4.53. The third-order valence-electron chi connectivity index (χ3n) is 5.88. The molecule has 1 saturated heterocycles. The molecule has 128 valence electrons. The molecule has 1 aliphatic heterocycles. The molecule has 24 heavy (non-hydrogen) atoms. The van der Waals surface area contributed by atoms with E-state index < -0.39 is 0 Å². The minimum absolute atomic E-state index is 0.297. The summed E-state index contributed by atoms with van der Waals surface area (Å²) in [7, 11) is 0. The number of carbonyl (C=O) groups is 1. The maximum Gasteiger partial charge on any atom is 0.225 e. The fourth-order valence-corrected chi connectivity index (χ4v) is 4.65. The lowest BCUT2D eigenvalue weighted by atomic mass is 9.86. The van der Waals surface area contributed by atoms with Gasteiger partial charge in [0.15, 0.2) is 0 Å². The predicted octanol–water partition coefficient (Wildman–Crippen LogP) is 5.11. The second-order valence-corrected chi connectivity index (χ2v) is 7.80. The van der Waals surface area contributed by atoms with Crippen LogP contribution in [-0.2, 0) is 4.79 Å². The molecule has 2 aliphatic rings. The Morgan fingerprint density at radius 2 is 1.83 bits per heavy atom. The third kappa shape index (κ3) is 3.06. The van der Waals surface area contributed by atoms with E-state index in [1.54, 1.807) is 0 Å². The second kappa shape index (κ2) is 6.79. The molecule has 0 bridgehead atoms. The molecule has 2 heterocycles. The number of nitrogens with one attached hydrogen (secondary N) is 1. The number of piperidine rings is 1. The molecule has 1 aromatic carbocycles. The summed E-state index contributed by atoms with van der Waals surface area (Å²) < 4.78 is 0. The fourth-order valence-electron chi connectivity index (χ4n) is 4.48. The zero-order chi connectivity index (χ0) is 16.5. The number of hydrogen-bond acceptors (Lipinski definition) is 1. The second-order valence-electron chi connectivity index (χ2n) is 7.37. The van der Waals surface area contributed by atoms with Gasteiger partial charge in [-0.15, -0.1) is 0 Å². The smallest absolute Gasteiger partial charge is 0.225 e. The van der Waals surface area contributed by atoms with Crippen LogP contribution in [0.3, 0.4) is 0 Å². The van der Waals surface area contributed by atoms with Gasteiger partial charge in [-0.3, -0.25) is 4.79 Å². The van der Waals surface area contributed by atoms with Gasteiger partial charge in [-0.05, 0) is 49.3 Å². The number of hydrogen-bond donors (Lipinski definition) is 1. The van der Waals surface area contributed by atoms with E-state index in [2.05, 4.69) is 22.1 Å². The van der Waals surface area contributed by atoms with Gasteiger partial charge in [-0.1, -0.05) is 36.9 Å². The normalized spacial score (nSPS) is 20.6. The zero-order valence-electron chi connectivity index (χ0n) is 14.1. The van der Waals surface area contributed by atoms with E-state index in [1.165, 1.54) is 30.2 Å². The van der Waals surface area contributed by atoms with Crippen molar-refractivity contribution < 1.29 is 4.79 Å². The van der Waals surface area contributed by atoms with Crippen LogP contribution in [0.15, 0.2) is 24.4 Å². The molecular formula is C20H25ClN2O. The van der Waals surface area contributed by atoms with Crippen LogP contribution in [0.5, 0.6) is 0 Å². The van der Waals surface area contributed by atoms with Crippen LogP contribution in [0.25, 0.3) is 10.9 Å². The quantitative estimate of drug-likeness (QED) is 0.807. The summed E-state index contributed by atoms with van der Waals surface area (Å²) in [5.41, 5.74) is 2.49. The molecule has 2 aromatic rings. The van der Waals surface area contributed by atoms with Gasteiger partial charge in [0.2, 0.25) is 5.91 Å². The molecule has 2 fully saturated rings. The Labute approximate surface area is 148 Å². The number of rotatable bonds is 2. The van der Waals surface area contributed by atoms with Crippen molar-refractivity contribution in [3.8, 4) is 0 Å². The number of nitrogens with zero attached hydrogens (tertiary/aromatic N) is 1. The predicted molar refractivity (Wildman–Crippen MR) is 98.4 cm³/mol. The average Bonchev–Trinajstić information content (AvgIpc) is 3.05. The Bertz CT molecular complexity index is 724. The van der Waals surface area contributed by atoms with Crippen molar-refractivity contribution in [1.82, 2.24) is 9.88 Å². The van der Waals surface area contributed by atoms with Crippen LogP contribution in [0.4, 0.5) is 0 Å². The summed E-state index contributed by atoms with van der Waals surface area (Å²) in [5, 5.41) is 2.04. The van der Waals surface area contributed by atoms with E-state index in [1.807, 2.05) is 12.1 Å². The third-order valence-corrected chi connectivity index (χ3v) is 6.11. The summed E-state index contributed by atoms with van der Waals surface area (Å²) >= 11 is 6.08. The summed E-state index contributed by atoms with van der Waals surface area (Å²) in [4.78, 5) is 18.2. The van der Waals surface area contributed by atoms with Crippen LogP contribution < -0.4 is 0 Å². The molecular weight excluding hydrogens is 320 g/mol. The highest BCUT2D eigenvalue weighted by atomic mass is 35.5. The number of halogens is 1. The Hall–Kier alpha value is -1.48. The summed E-state index contributed by atoms with van der Waals surface area (Å²) in [6.07, 6.45) is 10.2. The highest BCUT2D eigenvalue weighted by Crippen LogP contribution is 2.35. The summed E-state index contributed by atoms with van der Waals surface area (Å²) in [6.45, 7) is 1.81. The maximum absolute atomic E-state index is 12.7. The first-order chi connectivity index (χ1) is 11.7. The van der Waals surface area contributed by atoms with Gasteiger partial charge in [-0.25, -0.2) is 0 Å². The minimum Gasteiger partial charge on any atom is -0.361 e. The summed E-state index contributed by atoms with van der Waals surface area (Å²) in [5.74, 6) is 1.25. The van der Waals surface area contributed by atoms with E-state index in [-0.39, 0.29) is 0 Å². The number of likely N-dealkylation sites (tertiary alicyclic amines) is 1. The molecule has 4 rings (SSSR count). The lowest BCUT2D eigenvalue weighted by molar-refractivity contribution is -0.137. The van der Waals surface area contributed by atoms with Gasteiger partial charge >= 0.3 is 0 Å². The van der Waals surface area contributed by atoms with Crippen molar-refractivity contribution in [2.75, 3.05) is 13.1 Å². The molecule has 1 amide bonds. The number of aromatic amines is 1. The van der Waals surface area contributed by atoms with E-state index in [0.29, 0.717) is 17.7 Å².